The van der Waals surface area contributed by atoms with Crippen LogP contribution < -0.4 is 4.72 Å². The van der Waals surface area contributed by atoms with Crippen molar-refractivity contribution in [2.45, 2.75) is 38.4 Å². The first-order valence-electron chi connectivity index (χ1n) is 6.92. The highest BCUT2D eigenvalue weighted by Gasteiger charge is 2.37. The number of hydrogen-bond acceptors (Lipinski definition) is 5. The molecule has 2 N–H and O–H groups in total. The van der Waals surface area contributed by atoms with Gasteiger partial charge in [-0.15, -0.1) is 0 Å². The SMILES string of the molecule is CC(C)C[C@H](CNS(=O)(=O)C1CCS(=O)(=O)C1)CC(=O)O. The van der Waals surface area contributed by atoms with E-state index in [0.717, 1.165) is 0 Å². The van der Waals surface area contributed by atoms with Gasteiger partial charge in [0, 0.05) is 13.0 Å². The molecule has 0 spiro atoms. The molecule has 124 valence electrons. The molecule has 0 aromatic heterocycles. The van der Waals surface area contributed by atoms with Crippen LogP contribution in [0.1, 0.15) is 33.1 Å². The molecule has 1 unspecified atom stereocenters. The summed E-state index contributed by atoms with van der Waals surface area (Å²) in [5, 5.41) is 7.93. The summed E-state index contributed by atoms with van der Waals surface area (Å²) in [5.74, 6) is -1.47. The van der Waals surface area contributed by atoms with E-state index < -0.39 is 31.1 Å². The number of nitrogens with one attached hydrogen (secondary N) is 1. The van der Waals surface area contributed by atoms with Gasteiger partial charge >= 0.3 is 5.97 Å². The maximum atomic E-state index is 12.1. The van der Waals surface area contributed by atoms with Gasteiger partial charge in [0.2, 0.25) is 10.0 Å². The van der Waals surface area contributed by atoms with Crippen molar-refractivity contribution >= 4 is 25.8 Å². The van der Waals surface area contributed by atoms with Gasteiger partial charge in [-0.1, -0.05) is 13.8 Å². The van der Waals surface area contributed by atoms with E-state index in [1.807, 2.05) is 13.8 Å². The Morgan fingerprint density at radius 3 is 2.43 bits per heavy atom. The van der Waals surface area contributed by atoms with Gasteiger partial charge in [0.05, 0.1) is 16.8 Å². The predicted molar refractivity (Wildman–Crippen MR) is 79.2 cm³/mol. The molecule has 1 fully saturated rings. The predicted octanol–water partition coefficient (Wildman–Crippen LogP) is 0.230. The molecule has 0 aliphatic carbocycles. The standard InChI is InChI=1S/C12H23NO6S2/c1-9(2)5-10(6-12(14)15)7-13-21(18,19)11-3-4-20(16,17)8-11/h9-11,13H,3-8H2,1-2H3,(H,14,15)/t10-,11?/m0/s1. The molecule has 1 heterocycles. The van der Waals surface area contributed by atoms with Crippen LogP contribution in [-0.2, 0) is 24.7 Å². The largest absolute Gasteiger partial charge is 0.481 e. The van der Waals surface area contributed by atoms with E-state index in [-0.39, 0.29) is 42.7 Å². The molecule has 0 bridgehead atoms. The lowest BCUT2D eigenvalue weighted by Gasteiger charge is -2.19. The molecule has 1 aliphatic heterocycles. The van der Waals surface area contributed by atoms with Gasteiger partial charge in [0.25, 0.3) is 0 Å². The van der Waals surface area contributed by atoms with Gasteiger partial charge in [0.1, 0.15) is 0 Å². The van der Waals surface area contributed by atoms with Crippen LogP contribution in [0.4, 0.5) is 0 Å². The van der Waals surface area contributed by atoms with Crippen molar-refractivity contribution in [1.29, 1.82) is 0 Å². The Morgan fingerprint density at radius 2 is 2.00 bits per heavy atom. The Kier molecular flexibility index (Phi) is 6.18. The van der Waals surface area contributed by atoms with Crippen molar-refractivity contribution in [2.24, 2.45) is 11.8 Å². The van der Waals surface area contributed by atoms with Gasteiger partial charge in [-0.05, 0) is 24.7 Å². The second-order valence-corrected chi connectivity index (χ2v) is 10.3. The molecule has 21 heavy (non-hydrogen) atoms. The fourth-order valence-electron chi connectivity index (χ4n) is 2.51. The van der Waals surface area contributed by atoms with Crippen LogP contribution in [0.15, 0.2) is 0 Å². The van der Waals surface area contributed by atoms with Crippen LogP contribution >= 0.6 is 0 Å². The Labute approximate surface area is 126 Å². The van der Waals surface area contributed by atoms with Crippen LogP contribution in [0.3, 0.4) is 0 Å². The first-order valence-corrected chi connectivity index (χ1v) is 10.3. The van der Waals surface area contributed by atoms with Crippen molar-refractivity contribution < 1.29 is 26.7 Å². The summed E-state index contributed by atoms with van der Waals surface area (Å²) >= 11 is 0. The zero-order chi connectivity index (χ0) is 16.3. The Hall–Kier alpha value is -0.670. The minimum Gasteiger partial charge on any atom is -0.481 e. The van der Waals surface area contributed by atoms with Crippen molar-refractivity contribution in [3.8, 4) is 0 Å². The third-order valence-corrected chi connectivity index (χ3v) is 7.30. The maximum Gasteiger partial charge on any atom is 0.303 e. The average molecular weight is 341 g/mol. The fourth-order valence-corrected chi connectivity index (χ4v) is 6.67. The van der Waals surface area contributed by atoms with Crippen molar-refractivity contribution in [1.82, 2.24) is 4.72 Å². The Morgan fingerprint density at radius 1 is 1.38 bits per heavy atom. The highest BCUT2D eigenvalue weighted by molar-refractivity contribution is 7.95. The molecular weight excluding hydrogens is 318 g/mol. The molecule has 2 atom stereocenters. The summed E-state index contributed by atoms with van der Waals surface area (Å²) in [6.45, 7) is 3.91. The Balaban J connectivity index is 2.63. The lowest BCUT2D eigenvalue weighted by molar-refractivity contribution is -0.138. The summed E-state index contributed by atoms with van der Waals surface area (Å²) in [6, 6.07) is 0. The highest BCUT2D eigenvalue weighted by atomic mass is 32.2. The van der Waals surface area contributed by atoms with E-state index in [9.17, 15) is 21.6 Å². The first-order chi connectivity index (χ1) is 9.52. The molecule has 0 aromatic carbocycles. The van der Waals surface area contributed by atoms with Crippen LogP contribution in [0.2, 0.25) is 0 Å². The van der Waals surface area contributed by atoms with Gasteiger partial charge in [-0.2, -0.15) is 0 Å². The quantitative estimate of drug-likeness (QED) is 0.652. The topological polar surface area (TPSA) is 118 Å². The monoisotopic (exact) mass is 341 g/mol. The number of aliphatic carboxylic acids is 1. The van der Waals surface area contributed by atoms with E-state index in [0.29, 0.717) is 6.42 Å². The minimum absolute atomic E-state index is 0.0311. The fraction of sp³-hybridized carbons (Fsp3) is 0.917. The molecule has 0 amide bonds. The molecule has 1 rings (SSSR count). The van der Waals surface area contributed by atoms with Gasteiger partial charge in [-0.25, -0.2) is 21.6 Å². The van der Waals surface area contributed by atoms with E-state index >= 15 is 0 Å². The molecule has 1 aliphatic rings. The zero-order valence-electron chi connectivity index (χ0n) is 12.3. The normalized spacial score (nSPS) is 23.3. The molecule has 1 saturated heterocycles. The molecule has 7 nitrogen and oxygen atoms in total. The molecular formula is C12H23NO6S2. The average Bonchev–Trinajstić information content (AvgIpc) is 2.66. The van der Waals surface area contributed by atoms with Crippen molar-refractivity contribution in [3.63, 3.8) is 0 Å². The second-order valence-electron chi connectivity index (χ2n) is 6.01. The lowest BCUT2D eigenvalue weighted by atomic mass is 9.94. The van der Waals surface area contributed by atoms with E-state index in [2.05, 4.69) is 4.72 Å². The van der Waals surface area contributed by atoms with Crippen molar-refractivity contribution in [2.75, 3.05) is 18.1 Å². The first kappa shape index (κ1) is 18.4. The van der Waals surface area contributed by atoms with Crippen LogP contribution in [0.25, 0.3) is 0 Å². The van der Waals surface area contributed by atoms with Gasteiger partial charge < -0.3 is 5.11 Å². The van der Waals surface area contributed by atoms with Gasteiger partial charge in [-0.3, -0.25) is 4.79 Å². The van der Waals surface area contributed by atoms with E-state index in [1.165, 1.54) is 0 Å². The molecule has 9 heteroatoms. The number of carboxylic acid groups (broad SMARTS) is 1. The number of carboxylic acids is 1. The number of rotatable bonds is 8. The summed E-state index contributed by atoms with van der Waals surface area (Å²) in [6.07, 6.45) is 0.590. The highest BCUT2D eigenvalue weighted by Crippen LogP contribution is 2.20. The summed E-state index contributed by atoms with van der Waals surface area (Å²) in [4.78, 5) is 10.8. The number of sulfonamides is 1. The summed E-state index contributed by atoms with van der Waals surface area (Å²) in [5.41, 5.74) is 0. The maximum absolute atomic E-state index is 12.1. The number of carbonyl (C=O) groups is 1. The van der Waals surface area contributed by atoms with Crippen LogP contribution in [-0.4, -0.2) is 51.2 Å². The molecule has 0 saturated carbocycles. The zero-order valence-corrected chi connectivity index (χ0v) is 13.9. The Bertz CT molecular complexity index is 567. The second kappa shape index (κ2) is 7.06. The van der Waals surface area contributed by atoms with E-state index in [4.69, 9.17) is 5.11 Å². The van der Waals surface area contributed by atoms with Crippen LogP contribution in [0.5, 0.6) is 0 Å². The molecule has 0 aromatic rings. The summed E-state index contributed by atoms with van der Waals surface area (Å²) < 4.78 is 49.2. The lowest BCUT2D eigenvalue weighted by Crippen LogP contribution is -2.38. The smallest absolute Gasteiger partial charge is 0.303 e. The minimum atomic E-state index is -3.72. The number of hydrogen-bond donors (Lipinski definition) is 2. The van der Waals surface area contributed by atoms with Crippen LogP contribution in [0, 0.1) is 11.8 Å². The summed E-state index contributed by atoms with van der Waals surface area (Å²) in [7, 11) is -6.99. The van der Waals surface area contributed by atoms with E-state index in [1.54, 1.807) is 0 Å². The number of sulfone groups is 1. The third-order valence-electron chi connectivity index (χ3n) is 3.47. The van der Waals surface area contributed by atoms with Crippen molar-refractivity contribution in [3.05, 3.63) is 0 Å². The molecule has 0 radical (unpaired) electrons. The third kappa shape index (κ3) is 6.31. The van der Waals surface area contributed by atoms with Gasteiger partial charge in [0.15, 0.2) is 9.84 Å².